The molecule has 0 unspecified atom stereocenters. The summed E-state index contributed by atoms with van der Waals surface area (Å²) in [6, 6.07) is 18.9. The number of allylic oxidation sites excluding steroid dienone is 3. The topological polar surface area (TPSA) is 70.1 Å². The van der Waals surface area contributed by atoms with Gasteiger partial charge in [0, 0.05) is 31.9 Å². The van der Waals surface area contributed by atoms with Crippen molar-refractivity contribution in [2.45, 2.75) is 38.5 Å². The van der Waals surface area contributed by atoms with E-state index in [1.807, 2.05) is 50.2 Å². The van der Waals surface area contributed by atoms with Crippen LogP contribution in [0.2, 0.25) is 0 Å². The molecule has 4 nitrogen and oxygen atoms in total. The van der Waals surface area contributed by atoms with Gasteiger partial charge in [0.15, 0.2) is 5.78 Å². The lowest BCUT2D eigenvalue weighted by molar-refractivity contribution is -0.116. The Bertz CT molecular complexity index is 1450. The van der Waals surface area contributed by atoms with Crippen molar-refractivity contribution in [3.63, 3.8) is 0 Å². The molecular formula is C28H23BrFN3OS. The summed E-state index contributed by atoms with van der Waals surface area (Å²) >= 11 is 4.94. The summed E-state index contributed by atoms with van der Waals surface area (Å²) in [4.78, 5) is 17.6. The van der Waals surface area contributed by atoms with Crippen molar-refractivity contribution in [2.75, 3.05) is 4.90 Å². The number of rotatable bonds is 3. The van der Waals surface area contributed by atoms with Crippen molar-refractivity contribution in [1.29, 1.82) is 5.26 Å². The molecule has 0 spiro atoms. The number of hydrogen-bond acceptors (Lipinski definition) is 5. The smallest absolute Gasteiger partial charge is 0.162 e. The number of carbonyl (C=O) groups excluding carboxylic acids is 1. The Kier molecular flexibility index (Phi) is 6.12. The van der Waals surface area contributed by atoms with Crippen LogP contribution in [-0.2, 0) is 4.79 Å². The van der Waals surface area contributed by atoms with Gasteiger partial charge in [-0.2, -0.15) is 5.26 Å². The van der Waals surface area contributed by atoms with Gasteiger partial charge in [0.05, 0.1) is 23.2 Å². The number of thiophene rings is 1. The summed E-state index contributed by atoms with van der Waals surface area (Å²) in [5, 5.41) is 10.2. The SMILES string of the molecule is Cc1cc([C@@H]2C(C#N)=C(N)N(c3ccc(Br)cc3F)C3=C2C(=O)C[C@@H](c2ccccc2)C3)c(C)s1. The van der Waals surface area contributed by atoms with Crippen LogP contribution in [0.5, 0.6) is 0 Å². The second kappa shape index (κ2) is 9.10. The molecule has 1 aromatic heterocycles. The molecule has 2 aromatic carbocycles. The number of benzene rings is 2. The molecule has 0 amide bonds. The van der Waals surface area contributed by atoms with Crippen molar-refractivity contribution in [1.82, 2.24) is 0 Å². The zero-order chi connectivity index (χ0) is 24.9. The molecule has 0 bridgehead atoms. The van der Waals surface area contributed by atoms with E-state index in [9.17, 15) is 10.1 Å². The quantitative estimate of drug-likeness (QED) is 0.384. The summed E-state index contributed by atoms with van der Waals surface area (Å²) in [6.45, 7) is 4.01. The maximum atomic E-state index is 15.3. The molecule has 35 heavy (non-hydrogen) atoms. The second-order valence-corrected chi connectivity index (χ2v) is 11.3. The highest BCUT2D eigenvalue weighted by Gasteiger charge is 2.44. The van der Waals surface area contributed by atoms with Crippen molar-refractivity contribution in [3.05, 3.63) is 108 Å². The van der Waals surface area contributed by atoms with E-state index < -0.39 is 11.7 Å². The van der Waals surface area contributed by atoms with E-state index >= 15 is 4.39 Å². The monoisotopic (exact) mass is 547 g/mol. The van der Waals surface area contributed by atoms with E-state index in [4.69, 9.17) is 5.73 Å². The predicted molar refractivity (Wildman–Crippen MR) is 140 cm³/mol. The summed E-state index contributed by atoms with van der Waals surface area (Å²) in [5.74, 6) is -0.968. The largest absolute Gasteiger partial charge is 0.384 e. The van der Waals surface area contributed by atoms with Crippen LogP contribution in [0.4, 0.5) is 10.1 Å². The molecule has 176 valence electrons. The lowest BCUT2D eigenvalue weighted by Gasteiger charge is -2.41. The van der Waals surface area contributed by atoms with Crippen molar-refractivity contribution >= 4 is 38.7 Å². The summed E-state index contributed by atoms with van der Waals surface area (Å²) in [7, 11) is 0. The average Bonchev–Trinajstić information content (AvgIpc) is 3.17. The first-order chi connectivity index (χ1) is 16.8. The minimum Gasteiger partial charge on any atom is -0.384 e. The van der Waals surface area contributed by atoms with Gasteiger partial charge in [-0.15, -0.1) is 11.3 Å². The highest BCUT2D eigenvalue weighted by molar-refractivity contribution is 9.10. The highest BCUT2D eigenvalue weighted by Crippen LogP contribution is 2.50. The molecule has 3 aromatic rings. The Morgan fingerprint density at radius 1 is 1.14 bits per heavy atom. The molecular weight excluding hydrogens is 525 g/mol. The van der Waals surface area contributed by atoms with Crippen LogP contribution in [-0.4, -0.2) is 5.78 Å². The number of nitriles is 1. The molecule has 2 N–H and O–H groups in total. The first-order valence-electron chi connectivity index (χ1n) is 11.3. The van der Waals surface area contributed by atoms with Gasteiger partial charge in [-0.25, -0.2) is 4.39 Å². The van der Waals surface area contributed by atoms with Gasteiger partial charge < -0.3 is 5.73 Å². The lowest BCUT2D eigenvalue weighted by Crippen LogP contribution is -2.40. The van der Waals surface area contributed by atoms with E-state index in [-0.39, 0.29) is 28.8 Å². The zero-order valence-corrected chi connectivity index (χ0v) is 21.7. The fourth-order valence-corrected chi connectivity index (χ4v) is 6.57. The number of halogens is 2. The minimum atomic E-state index is -0.557. The van der Waals surface area contributed by atoms with E-state index in [2.05, 4.69) is 22.0 Å². The number of nitrogens with two attached hydrogens (primary N) is 1. The number of aryl methyl sites for hydroxylation is 2. The van der Waals surface area contributed by atoms with E-state index in [1.165, 1.54) is 6.07 Å². The van der Waals surface area contributed by atoms with Gasteiger partial charge in [-0.1, -0.05) is 46.3 Å². The van der Waals surface area contributed by atoms with Crippen molar-refractivity contribution < 1.29 is 9.18 Å². The Morgan fingerprint density at radius 3 is 2.51 bits per heavy atom. The third-order valence-corrected chi connectivity index (χ3v) is 8.25. The predicted octanol–water partition coefficient (Wildman–Crippen LogP) is 6.97. The normalized spacial score (nSPS) is 20.2. The lowest BCUT2D eigenvalue weighted by atomic mass is 9.72. The molecule has 0 saturated carbocycles. The first kappa shape index (κ1) is 23.5. The number of Topliss-reactive ketones (excluding diaryl/α,β-unsaturated/α-hetero) is 1. The van der Waals surface area contributed by atoms with Crippen LogP contribution >= 0.6 is 27.3 Å². The Morgan fingerprint density at radius 2 is 1.89 bits per heavy atom. The Balaban J connectivity index is 1.76. The van der Waals surface area contributed by atoms with Crippen LogP contribution in [0, 0.1) is 31.0 Å². The summed E-state index contributed by atoms with van der Waals surface area (Å²) < 4.78 is 15.9. The second-order valence-electron chi connectivity index (χ2n) is 8.94. The van der Waals surface area contributed by atoms with E-state index in [0.29, 0.717) is 28.6 Å². The van der Waals surface area contributed by atoms with Crippen molar-refractivity contribution in [3.8, 4) is 6.07 Å². The standard InChI is InChI=1S/C28H23BrFN3OS/c1-15-10-20(16(2)35-15)26-21(14-31)28(32)33(23-9-8-19(29)13-22(23)30)24-11-18(12-25(34)27(24)26)17-6-4-3-5-7-17/h3-10,13,18,26H,11-12,32H2,1-2H3/t18-,26+/m0/s1. The van der Waals surface area contributed by atoms with Crippen LogP contribution in [0.3, 0.4) is 0 Å². The molecule has 2 aliphatic rings. The third kappa shape index (κ3) is 4.01. The van der Waals surface area contributed by atoms with Crippen molar-refractivity contribution in [2.24, 2.45) is 5.73 Å². The molecule has 1 aliphatic carbocycles. The summed E-state index contributed by atoms with van der Waals surface area (Å²) in [5.41, 5.74) is 10.3. The fraction of sp³-hybridized carbons (Fsp3) is 0.214. The van der Waals surface area contributed by atoms with Gasteiger partial charge in [-0.05, 0) is 61.6 Å². The van der Waals surface area contributed by atoms with Crippen LogP contribution in [0.25, 0.3) is 0 Å². The van der Waals surface area contributed by atoms with E-state index in [0.717, 1.165) is 20.9 Å². The van der Waals surface area contributed by atoms with Gasteiger partial charge in [0.2, 0.25) is 0 Å². The molecule has 0 radical (unpaired) electrons. The molecule has 5 rings (SSSR count). The third-order valence-electron chi connectivity index (χ3n) is 6.78. The molecule has 0 saturated heterocycles. The van der Waals surface area contributed by atoms with Crippen LogP contribution < -0.4 is 10.6 Å². The Hall–Kier alpha value is -3.21. The maximum absolute atomic E-state index is 15.3. The number of ketones is 1. The van der Waals surface area contributed by atoms with Gasteiger partial charge in [0.25, 0.3) is 0 Å². The van der Waals surface area contributed by atoms with Crippen LogP contribution in [0.1, 0.15) is 45.6 Å². The molecule has 1 aliphatic heterocycles. The van der Waals surface area contributed by atoms with Crippen LogP contribution in [0.15, 0.2) is 81.7 Å². The minimum absolute atomic E-state index is 0.0314. The molecule has 2 atom stereocenters. The number of carbonyl (C=O) groups is 1. The molecule has 0 fully saturated rings. The van der Waals surface area contributed by atoms with Gasteiger partial charge in [-0.3, -0.25) is 9.69 Å². The fourth-order valence-electron chi connectivity index (χ4n) is 5.28. The highest BCUT2D eigenvalue weighted by atomic mass is 79.9. The summed E-state index contributed by atoms with van der Waals surface area (Å²) in [6.07, 6.45) is 0.843. The average molecular weight is 548 g/mol. The number of anilines is 1. The van der Waals surface area contributed by atoms with E-state index in [1.54, 1.807) is 28.4 Å². The first-order valence-corrected chi connectivity index (χ1v) is 12.9. The van der Waals surface area contributed by atoms with Gasteiger partial charge >= 0.3 is 0 Å². The maximum Gasteiger partial charge on any atom is 0.162 e. The molecule has 2 heterocycles. The zero-order valence-electron chi connectivity index (χ0n) is 19.3. The number of hydrogen-bond donors (Lipinski definition) is 1. The number of nitrogens with zero attached hydrogens (tertiary/aromatic N) is 2. The Labute approximate surface area is 216 Å². The van der Waals surface area contributed by atoms with Gasteiger partial charge in [0.1, 0.15) is 11.6 Å². The molecule has 7 heteroatoms.